The average Bonchev–Trinajstić information content (AvgIpc) is 2.12. The molecule has 5 nitrogen and oxygen atoms in total. The zero-order chi connectivity index (χ0) is 12.9. The van der Waals surface area contributed by atoms with E-state index >= 15 is 0 Å². The first-order chi connectivity index (χ1) is 7.15. The highest BCUT2D eigenvalue weighted by atomic mass is 16.4. The number of carboxylic acids is 1. The molecule has 0 radical (unpaired) electrons. The SMILES string of the molecule is CC(N)C(C)C(=O)NC(C)(C)CCC(=O)O. The van der Waals surface area contributed by atoms with Crippen molar-refractivity contribution in [1.29, 1.82) is 0 Å². The zero-order valence-corrected chi connectivity index (χ0v) is 10.4. The van der Waals surface area contributed by atoms with Gasteiger partial charge in [0.25, 0.3) is 0 Å². The third-order valence-corrected chi connectivity index (χ3v) is 2.63. The van der Waals surface area contributed by atoms with Crippen molar-refractivity contribution in [3.63, 3.8) is 0 Å². The van der Waals surface area contributed by atoms with Crippen LogP contribution < -0.4 is 11.1 Å². The molecule has 0 saturated carbocycles. The summed E-state index contributed by atoms with van der Waals surface area (Å²) in [7, 11) is 0. The Kier molecular flexibility index (Phi) is 5.44. The van der Waals surface area contributed by atoms with Crippen molar-refractivity contribution < 1.29 is 14.7 Å². The number of amides is 1. The molecule has 2 atom stereocenters. The van der Waals surface area contributed by atoms with Crippen LogP contribution in [0.5, 0.6) is 0 Å². The van der Waals surface area contributed by atoms with Crippen molar-refractivity contribution in [2.75, 3.05) is 0 Å². The highest BCUT2D eigenvalue weighted by Gasteiger charge is 2.25. The summed E-state index contributed by atoms with van der Waals surface area (Å²) < 4.78 is 0. The topological polar surface area (TPSA) is 92.4 Å². The van der Waals surface area contributed by atoms with Crippen molar-refractivity contribution in [3.8, 4) is 0 Å². The maximum Gasteiger partial charge on any atom is 0.303 e. The molecular formula is C11H22N2O3. The van der Waals surface area contributed by atoms with Crippen LogP contribution in [0.3, 0.4) is 0 Å². The van der Waals surface area contributed by atoms with Crippen LogP contribution in [0.4, 0.5) is 0 Å². The number of rotatable bonds is 6. The molecular weight excluding hydrogens is 208 g/mol. The van der Waals surface area contributed by atoms with E-state index in [4.69, 9.17) is 10.8 Å². The first kappa shape index (κ1) is 14.9. The van der Waals surface area contributed by atoms with Gasteiger partial charge in [-0.15, -0.1) is 0 Å². The van der Waals surface area contributed by atoms with E-state index in [0.29, 0.717) is 6.42 Å². The van der Waals surface area contributed by atoms with Gasteiger partial charge in [0.2, 0.25) is 5.91 Å². The van der Waals surface area contributed by atoms with Crippen LogP contribution in [0.15, 0.2) is 0 Å². The van der Waals surface area contributed by atoms with Crippen molar-refractivity contribution >= 4 is 11.9 Å². The molecule has 16 heavy (non-hydrogen) atoms. The second-order valence-corrected chi connectivity index (χ2v) is 4.91. The monoisotopic (exact) mass is 230 g/mol. The Hall–Kier alpha value is -1.10. The fraction of sp³-hybridized carbons (Fsp3) is 0.818. The summed E-state index contributed by atoms with van der Waals surface area (Å²) in [5, 5.41) is 11.4. The molecule has 0 heterocycles. The molecule has 4 N–H and O–H groups in total. The Balaban J connectivity index is 4.24. The molecule has 2 unspecified atom stereocenters. The lowest BCUT2D eigenvalue weighted by Gasteiger charge is -2.28. The van der Waals surface area contributed by atoms with E-state index in [2.05, 4.69) is 5.32 Å². The summed E-state index contributed by atoms with van der Waals surface area (Å²) in [5.41, 5.74) is 5.11. The van der Waals surface area contributed by atoms with Gasteiger partial charge >= 0.3 is 5.97 Å². The minimum Gasteiger partial charge on any atom is -0.481 e. The van der Waals surface area contributed by atoms with Crippen LogP contribution in [0.1, 0.15) is 40.5 Å². The van der Waals surface area contributed by atoms with Crippen molar-refractivity contribution in [3.05, 3.63) is 0 Å². The predicted molar refractivity (Wildman–Crippen MR) is 61.9 cm³/mol. The molecule has 0 aliphatic rings. The number of hydrogen-bond acceptors (Lipinski definition) is 3. The van der Waals surface area contributed by atoms with E-state index in [-0.39, 0.29) is 24.3 Å². The molecule has 0 aromatic carbocycles. The Labute approximate surface area is 96.4 Å². The first-order valence-electron chi connectivity index (χ1n) is 5.45. The largest absolute Gasteiger partial charge is 0.481 e. The maximum absolute atomic E-state index is 11.7. The van der Waals surface area contributed by atoms with E-state index in [1.165, 1.54) is 0 Å². The van der Waals surface area contributed by atoms with Crippen LogP contribution in [-0.2, 0) is 9.59 Å². The molecule has 1 amide bonds. The van der Waals surface area contributed by atoms with Crippen LogP contribution in [-0.4, -0.2) is 28.6 Å². The standard InChI is InChI=1S/C11H22N2O3/c1-7(8(2)12)10(16)13-11(3,4)6-5-9(14)15/h7-8H,5-6,12H2,1-4H3,(H,13,16)(H,14,15). The molecule has 0 saturated heterocycles. The summed E-state index contributed by atoms with van der Waals surface area (Å²) in [6.45, 7) is 7.14. The quantitative estimate of drug-likeness (QED) is 0.627. The summed E-state index contributed by atoms with van der Waals surface area (Å²) >= 11 is 0. The third-order valence-electron chi connectivity index (χ3n) is 2.63. The zero-order valence-electron chi connectivity index (χ0n) is 10.4. The number of hydrogen-bond donors (Lipinski definition) is 3. The van der Waals surface area contributed by atoms with Gasteiger partial charge in [-0.3, -0.25) is 9.59 Å². The van der Waals surface area contributed by atoms with E-state index in [1.54, 1.807) is 13.8 Å². The second kappa shape index (κ2) is 5.84. The van der Waals surface area contributed by atoms with Crippen LogP contribution in [0.25, 0.3) is 0 Å². The van der Waals surface area contributed by atoms with Gasteiger partial charge in [-0.2, -0.15) is 0 Å². The predicted octanol–water partition coefficient (Wildman–Crippen LogP) is 0.729. The second-order valence-electron chi connectivity index (χ2n) is 4.91. The highest BCUT2D eigenvalue weighted by Crippen LogP contribution is 2.13. The van der Waals surface area contributed by atoms with E-state index in [0.717, 1.165) is 0 Å². The highest BCUT2D eigenvalue weighted by molar-refractivity contribution is 5.79. The summed E-state index contributed by atoms with van der Waals surface area (Å²) in [6, 6.07) is -0.213. The number of carbonyl (C=O) groups excluding carboxylic acids is 1. The van der Waals surface area contributed by atoms with Gasteiger partial charge in [-0.05, 0) is 27.2 Å². The fourth-order valence-corrected chi connectivity index (χ4v) is 1.17. The number of aliphatic carboxylic acids is 1. The molecule has 0 rings (SSSR count). The molecule has 0 spiro atoms. The van der Waals surface area contributed by atoms with Gasteiger partial charge in [0.1, 0.15) is 0 Å². The Morgan fingerprint density at radius 1 is 1.38 bits per heavy atom. The molecule has 0 aromatic rings. The van der Waals surface area contributed by atoms with Crippen LogP contribution in [0, 0.1) is 5.92 Å². The number of nitrogens with two attached hydrogens (primary N) is 1. The molecule has 0 aromatic heterocycles. The lowest BCUT2D eigenvalue weighted by atomic mass is 9.95. The number of nitrogens with one attached hydrogen (secondary N) is 1. The minimum absolute atomic E-state index is 0.0415. The maximum atomic E-state index is 11.7. The van der Waals surface area contributed by atoms with E-state index in [9.17, 15) is 9.59 Å². The normalized spacial score (nSPS) is 15.3. The van der Waals surface area contributed by atoms with Gasteiger partial charge in [-0.1, -0.05) is 6.92 Å². The van der Waals surface area contributed by atoms with Crippen LogP contribution >= 0.6 is 0 Å². The molecule has 94 valence electrons. The molecule has 0 aliphatic heterocycles. The van der Waals surface area contributed by atoms with Gasteiger partial charge < -0.3 is 16.2 Å². The lowest BCUT2D eigenvalue weighted by Crippen LogP contribution is -2.48. The molecule has 5 heteroatoms. The smallest absolute Gasteiger partial charge is 0.303 e. The number of carboxylic acid groups (broad SMARTS) is 1. The van der Waals surface area contributed by atoms with Crippen molar-refractivity contribution in [1.82, 2.24) is 5.32 Å². The Morgan fingerprint density at radius 2 is 1.88 bits per heavy atom. The van der Waals surface area contributed by atoms with Gasteiger partial charge in [0.05, 0.1) is 0 Å². The summed E-state index contributed by atoms with van der Waals surface area (Å²) in [4.78, 5) is 22.1. The minimum atomic E-state index is -0.859. The molecule has 0 fully saturated rings. The average molecular weight is 230 g/mol. The van der Waals surface area contributed by atoms with Gasteiger partial charge in [0.15, 0.2) is 0 Å². The Morgan fingerprint density at radius 3 is 2.25 bits per heavy atom. The number of carbonyl (C=O) groups is 2. The summed E-state index contributed by atoms with van der Waals surface area (Å²) in [5.74, 6) is -1.27. The molecule has 0 aliphatic carbocycles. The molecule has 0 bridgehead atoms. The first-order valence-corrected chi connectivity index (χ1v) is 5.45. The fourth-order valence-electron chi connectivity index (χ4n) is 1.17. The Bertz CT molecular complexity index is 262. The third kappa shape index (κ3) is 5.70. The van der Waals surface area contributed by atoms with Gasteiger partial charge in [-0.25, -0.2) is 0 Å². The van der Waals surface area contributed by atoms with Gasteiger partial charge in [0, 0.05) is 23.9 Å². The van der Waals surface area contributed by atoms with Crippen LogP contribution in [0.2, 0.25) is 0 Å². The van der Waals surface area contributed by atoms with Crippen molar-refractivity contribution in [2.45, 2.75) is 52.1 Å². The summed E-state index contributed by atoms with van der Waals surface area (Å²) in [6.07, 6.45) is 0.444. The lowest BCUT2D eigenvalue weighted by molar-refractivity contribution is -0.138. The van der Waals surface area contributed by atoms with E-state index in [1.807, 2.05) is 13.8 Å². The van der Waals surface area contributed by atoms with Crippen molar-refractivity contribution in [2.24, 2.45) is 11.7 Å². The van der Waals surface area contributed by atoms with E-state index < -0.39 is 11.5 Å².